The van der Waals surface area contributed by atoms with Crippen LogP contribution in [0.5, 0.6) is 5.88 Å². The van der Waals surface area contributed by atoms with E-state index in [-0.39, 0.29) is 12.3 Å². The van der Waals surface area contributed by atoms with Crippen LogP contribution in [0, 0.1) is 3.95 Å². The number of para-hydroxylation sites is 1. The summed E-state index contributed by atoms with van der Waals surface area (Å²) in [6.45, 7) is 0.350. The third kappa shape index (κ3) is 4.09. The largest absolute Gasteiger partial charge is 0.493 e. The van der Waals surface area contributed by atoms with E-state index < -0.39 is 5.97 Å². The fourth-order valence-corrected chi connectivity index (χ4v) is 4.83. The summed E-state index contributed by atoms with van der Waals surface area (Å²) in [5.41, 5.74) is 4.34. The molecule has 0 saturated carbocycles. The number of thiazole rings is 1. The zero-order valence-electron chi connectivity index (χ0n) is 15.7. The van der Waals surface area contributed by atoms with Crippen molar-refractivity contribution in [1.82, 2.24) is 4.57 Å². The molecular formula is C22H17ClN2O3S2. The molecule has 5 nitrogen and oxygen atoms in total. The van der Waals surface area contributed by atoms with E-state index in [1.807, 2.05) is 54.6 Å². The SMILES string of the molecule is O=C(O)CCCn1c(O)c(C=C2C(c3cccc(Cl)c3)=Nc3ccccc32)sc1=S. The van der Waals surface area contributed by atoms with Crippen molar-refractivity contribution in [3.8, 4) is 5.88 Å². The lowest BCUT2D eigenvalue weighted by atomic mass is 9.97. The summed E-state index contributed by atoms with van der Waals surface area (Å²) in [7, 11) is 0. The number of aromatic nitrogens is 1. The van der Waals surface area contributed by atoms with Gasteiger partial charge in [-0.2, -0.15) is 0 Å². The van der Waals surface area contributed by atoms with E-state index in [2.05, 4.69) is 0 Å². The van der Waals surface area contributed by atoms with Crippen molar-refractivity contribution in [3.05, 3.63) is 73.5 Å². The summed E-state index contributed by atoms with van der Waals surface area (Å²) in [5.74, 6) is -0.832. The Morgan fingerprint density at radius 3 is 2.80 bits per heavy atom. The molecule has 0 saturated heterocycles. The molecule has 2 aromatic carbocycles. The van der Waals surface area contributed by atoms with Gasteiger partial charge in [-0.15, -0.1) is 11.3 Å². The average molecular weight is 457 g/mol. The van der Waals surface area contributed by atoms with Crippen LogP contribution in [0.2, 0.25) is 5.02 Å². The Labute approximate surface area is 187 Å². The van der Waals surface area contributed by atoms with Crippen LogP contribution in [0.15, 0.2) is 53.5 Å². The Balaban J connectivity index is 1.77. The minimum Gasteiger partial charge on any atom is -0.493 e. The van der Waals surface area contributed by atoms with Crippen LogP contribution >= 0.6 is 35.2 Å². The van der Waals surface area contributed by atoms with Gasteiger partial charge in [-0.05, 0) is 42.9 Å². The van der Waals surface area contributed by atoms with Crippen molar-refractivity contribution < 1.29 is 15.0 Å². The van der Waals surface area contributed by atoms with Crippen molar-refractivity contribution in [2.24, 2.45) is 4.99 Å². The smallest absolute Gasteiger partial charge is 0.303 e. The lowest BCUT2D eigenvalue weighted by Gasteiger charge is -2.07. The summed E-state index contributed by atoms with van der Waals surface area (Å²) in [6, 6.07) is 15.3. The number of aliphatic imine (C=N–C) groups is 1. The van der Waals surface area contributed by atoms with Crippen molar-refractivity contribution in [1.29, 1.82) is 0 Å². The highest BCUT2D eigenvalue weighted by Gasteiger charge is 2.23. The quantitative estimate of drug-likeness (QED) is 0.434. The lowest BCUT2D eigenvalue weighted by Crippen LogP contribution is -2.02. The number of fused-ring (bicyclic) bond motifs is 1. The zero-order valence-corrected chi connectivity index (χ0v) is 18.1. The van der Waals surface area contributed by atoms with Crippen LogP contribution in [0.4, 0.5) is 5.69 Å². The number of aliphatic carboxylic acids is 1. The van der Waals surface area contributed by atoms with Gasteiger partial charge in [0.25, 0.3) is 0 Å². The van der Waals surface area contributed by atoms with E-state index in [9.17, 15) is 9.90 Å². The van der Waals surface area contributed by atoms with Crippen LogP contribution in [0.3, 0.4) is 0 Å². The van der Waals surface area contributed by atoms with Gasteiger partial charge in [-0.3, -0.25) is 9.36 Å². The van der Waals surface area contributed by atoms with Crippen molar-refractivity contribution in [3.63, 3.8) is 0 Å². The van der Waals surface area contributed by atoms with Gasteiger partial charge in [0.15, 0.2) is 3.95 Å². The number of halogens is 1. The van der Waals surface area contributed by atoms with E-state index in [0.29, 0.717) is 26.8 Å². The highest BCUT2D eigenvalue weighted by atomic mass is 35.5. The zero-order chi connectivity index (χ0) is 21.3. The molecule has 0 bridgehead atoms. The van der Waals surface area contributed by atoms with Gasteiger partial charge in [-0.1, -0.05) is 41.9 Å². The van der Waals surface area contributed by atoms with E-state index in [4.69, 9.17) is 33.9 Å². The second kappa shape index (κ2) is 8.55. The van der Waals surface area contributed by atoms with Crippen LogP contribution in [-0.2, 0) is 11.3 Å². The number of carboxylic acid groups (broad SMARTS) is 1. The molecular weight excluding hydrogens is 440 g/mol. The highest BCUT2D eigenvalue weighted by molar-refractivity contribution is 7.73. The summed E-state index contributed by atoms with van der Waals surface area (Å²) < 4.78 is 2.07. The first-order chi connectivity index (χ1) is 14.4. The predicted molar refractivity (Wildman–Crippen MR) is 124 cm³/mol. The molecule has 0 fully saturated rings. The molecule has 0 radical (unpaired) electrons. The fourth-order valence-electron chi connectivity index (χ4n) is 3.33. The van der Waals surface area contributed by atoms with Gasteiger partial charge in [0.1, 0.15) is 0 Å². The van der Waals surface area contributed by atoms with E-state index in [1.165, 1.54) is 11.3 Å². The molecule has 0 aliphatic carbocycles. The third-order valence-electron chi connectivity index (χ3n) is 4.72. The Hall–Kier alpha value is -2.74. The molecule has 30 heavy (non-hydrogen) atoms. The molecule has 0 spiro atoms. The maximum absolute atomic E-state index is 10.8. The van der Waals surface area contributed by atoms with Gasteiger partial charge in [0.05, 0.1) is 16.3 Å². The minimum absolute atomic E-state index is 0.0203. The molecule has 3 aromatic rings. The molecule has 0 atom stereocenters. The van der Waals surface area contributed by atoms with E-state index >= 15 is 0 Å². The molecule has 152 valence electrons. The van der Waals surface area contributed by atoms with Gasteiger partial charge in [-0.25, -0.2) is 4.99 Å². The molecule has 2 N–H and O–H groups in total. The number of nitrogens with zero attached hydrogens (tertiary/aromatic N) is 2. The molecule has 1 aliphatic rings. The molecule has 4 rings (SSSR count). The summed E-state index contributed by atoms with van der Waals surface area (Å²) in [4.78, 5) is 16.2. The number of carboxylic acids is 1. The number of carbonyl (C=O) groups is 1. The third-order valence-corrected chi connectivity index (χ3v) is 6.34. The van der Waals surface area contributed by atoms with Crippen molar-refractivity contribution in [2.75, 3.05) is 0 Å². The molecule has 1 aromatic heterocycles. The molecule has 8 heteroatoms. The predicted octanol–water partition coefficient (Wildman–Crippen LogP) is 6.18. The topological polar surface area (TPSA) is 74.8 Å². The maximum atomic E-state index is 10.8. The molecule has 0 amide bonds. The summed E-state index contributed by atoms with van der Waals surface area (Å²) >= 11 is 12.9. The first-order valence-corrected chi connectivity index (χ1v) is 10.8. The van der Waals surface area contributed by atoms with Crippen LogP contribution in [-0.4, -0.2) is 26.5 Å². The standard InChI is InChI=1S/C22H17ClN2O3S2/c23-14-6-3-5-13(11-14)20-16(15-7-1-2-8-17(15)24-20)12-18-21(28)25(22(29)30-18)10-4-9-19(26)27/h1-3,5-8,11-12,28H,4,9-10H2,(H,26,27). The van der Waals surface area contributed by atoms with Crippen molar-refractivity contribution in [2.45, 2.75) is 19.4 Å². The van der Waals surface area contributed by atoms with Crippen molar-refractivity contribution >= 4 is 64.2 Å². The van der Waals surface area contributed by atoms with Gasteiger partial charge in [0, 0.05) is 34.7 Å². The number of hydrogen-bond acceptors (Lipinski definition) is 5. The molecule has 0 unspecified atom stereocenters. The van der Waals surface area contributed by atoms with Crippen LogP contribution in [0.1, 0.15) is 28.8 Å². The van der Waals surface area contributed by atoms with Crippen LogP contribution < -0.4 is 0 Å². The van der Waals surface area contributed by atoms with Crippen LogP contribution in [0.25, 0.3) is 11.6 Å². The highest BCUT2D eigenvalue weighted by Crippen LogP contribution is 2.40. The average Bonchev–Trinajstić information content (AvgIpc) is 3.20. The van der Waals surface area contributed by atoms with E-state index in [1.54, 1.807) is 4.57 Å². The summed E-state index contributed by atoms with van der Waals surface area (Å²) in [5, 5.41) is 20.2. The molecule has 1 aliphatic heterocycles. The number of aromatic hydroxyl groups is 1. The first-order valence-electron chi connectivity index (χ1n) is 9.24. The fraction of sp³-hybridized carbons (Fsp3) is 0.136. The Morgan fingerprint density at radius 2 is 2.03 bits per heavy atom. The second-order valence-electron chi connectivity index (χ2n) is 6.75. The van der Waals surface area contributed by atoms with Gasteiger partial charge in [0.2, 0.25) is 5.88 Å². The second-order valence-corrected chi connectivity index (χ2v) is 8.86. The number of benzene rings is 2. The summed E-state index contributed by atoms with van der Waals surface area (Å²) in [6.07, 6.45) is 2.30. The Kier molecular flexibility index (Phi) is 5.85. The maximum Gasteiger partial charge on any atom is 0.303 e. The number of rotatable bonds is 6. The van der Waals surface area contributed by atoms with Gasteiger partial charge >= 0.3 is 5.97 Å². The monoisotopic (exact) mass is 456 g/mol. The first kappa shape index (κ1) is 20.5. The Bertz CT molecular complexity index is 1260. The van der Waals surface area contributed by atoms with E-state index in [0.717, 1.165) is 28.1 Å². The lowest BCUT2D eigenvalue weighted by molar-refractivity contribution is -0.137. The Morgan fingerprint density at radius 1 is 1.23 bits per heavy atom. The number of hydrogen-bond donors (Lipinski definition) is 2. The van der Waals surface area contributed by atoms with Gasteiger partial charge < -0.3 is 10.2 Å². The molecule has 2 heterocycles. The minimum atomic E-state index is -0.872. The normalized spacial score (nSPS) is 14.0. The number of allylic oxidation sites excluding steroid dienone is 1.